The average Bonchev–Trinajstić information content (AvgIpc) is 2.21. The molecule has 4 heteroatoms. The van der Waals surface area contributed by atoms with Crippen LogP contribution in [0.2, 0.25) is 10.0 Å². The van der Waals surface area contributed by atoms with E-state index in [0.717, 1.165) is 12.0 Å². The maximum atomic E-state index is 6.10. The first-order chi connectivity index (χ1) is 7.19. The van der Waals surface area contributed by atoms with Crippen LogP contribution in [0, 0.1) is 0 Å². The van der Waals surface area contributed by atoms with E-state index in [4.69, 9.17) is 28.0 Å². The molecule has 0 amide bonds. The number of rotatable bonds is 5. The molecule has 0 aliphatic carbocycles. The second-order valence-corrected chi connectivity index (χ2v) is 4.02. The maximum absolute atomic E-state index is 6.10. The average molecular weight is 248 g/mol. The zero-order valence-corrected chi connectivity index (χ0v) is 10.4. The molecule has 15 heavy (non-hydrogen) atoms. The van der Waals surface area contributed by atoms with Gasteiger partial charge in [0.25, 0.3) is 0 Å². The summed E-state index contributed by atoms with van der Waals surface area (Å²) in [6, 6.07) is 5.60. The summed E-state index contributed by atoms with van der Waals surface area (Å²) < 4.78 is 0. The number of nitrogens with one attached hydrogen (secondary N) is 1. The smallest absolute Gasteiger partial charge is 0.0654 e. The summed E-state index contributed by atoms with van der Waals surface area (Å²) in [5.74, 6) is 0. The fraction of sp³-hybridized carbons (Fsp3) is 0.455. The van der Waals surface area contributed by atoms with Gasteiger partial charge in [0.15, 0.2) is 0 Å². The van der Waals surface area contributed by atoms with E-state index >= 15 is 0 Å². The van der Waals surface area contributed by atoms with Crippen molar-refractivity contribution in [3.63, 3.8) is 0 Å². The maximum Gasteiger partial charge on any atom is 0.0654 e. The van der Waals surface area contributed by atoms with Crippen LogP contribution in [0.1, 0.15) is 31.9 Å². The van der Waals surface area contributed by atoms with E-state index in [0.29, 0.717) is 16.7 Å². The third-order valence-corrected chi connectivity index (χ3v) is 2.68. The molecule has 1 aromatic rings. The van der Waals surface area contributed by atoms with Gasteiger partial charge in [-0.25, -0.2) is 0 Å². The number of hydrogen-bond acceptors (Lipinski definition) is 2. The first-order valence-electron chi connectivity index (χ1n) is 5.01. The molecule has 0 aromatic heterocycles. The van der Waals surface area contributed by atoms with Crippen molar-refractivity contribution in [3.8, 4) is 0 Å². The second kappa shape index (κ2) is 6.33. The van der Waals surface area contributed by atoms with E-state index in [-0.39, 0.29) is 6.04 Å². The molecule has 0 bridgehead atoms. The fourth-order valence-electron chi connectivity index (χ4n) is 1.33. The highest BCUT2D eigenvalue weighted by atomic mass is 35.5. The molecule has 1 N–H and O–H groups in total. The molecule has 1 atom stereocenters. The van der Waals surface area contributed by atoms with Crippen LogP contribution in [-0.2, 0) is 4.84 Å². The molecule has 0 saturated carbocycles. The van der Waals surface area contributed by atoms with Crippen LogP contribution in [0.5, 0.6) is 0 Å². The van der Waals surface area contributed by atoms with Crippen molar-refractivity contribution in [3.05, 3.63) is 33.8 Å². The molecule has 0 aliphatic rings. The van der Waals surface area contributed by atoms with Crippen molar-refractivity contribution in [2.75, 3.05) is 6.61 Å². The minimum atomic E-state index is 0.106. The zero-order valence-electron chi connectivity index (χ0n) is 8.89. The van der Waals surface area contributed by atoms with Crippen molar-refractivity contribution in [2.24, 2.45) is 0 Å². The number of hydroxylamine groups is 1. The molecule has 1 aromatic carbocycles. The van der Waals surface area contributed by atoms with Crippen molar-refractivity contribution in [1.82, 2.24) is 5.48 Å². The lowest BCUT2D eigenvalue weighted by Crippen LogP contribution is -2.21. The molecule has 0 saturated heterocycles. The minimum absolute atomic E-state index is 0.106. The highest BCUT2D eigenvalue weighted by Crippen LogP contribution is 2.27. The Balaban J connectivity index is 2.81. The number of benzene rings is 1. The fourth-order valence-corrected chi connectivity index (χ4v) is 1.87. The summed E-state index contributed by atoms with van der Waals surface area (Å²) in [5.41, 5.74) is 3.98. The minimum Gasteiger partial charge on any atom is -0.302 e. The summed E-state index contributed by atoms with van der Waals surface area (Å²) in [6.45, 7) is 4.63. The van der Waals surface area contributed by atoms with Crippen molar-refractivity contribution in [1.29, 1.82) is 0 Å². The van der Waals surface area contributed by atoms with E-state index in [1.54, 1.807) is 6.07 Å². The van der Waals surface area contributed by atoms with E-state index < -0.39 is 0 Å². The van der Waals surface area contributed by atoms with Crippen molar-refractivity contribution < 1.29 is 4.84 Å². The van der Waals surface area contributed by atoms with Crippen LogP contribution in [0.15, 0.2) is 18.2 Å². The first kappa shape index (κ1) is 12.8. The van der Waals surface area contributed by atoms with E-state index in [1.807, 2.05) is 19.1 Å². The molecule has 0 radical (unpaired) electrons. The quantitative estimate of drug-likeness (QED) is 0.795. The van der Waals surface area contributed by atoms with E-state index in [2.05, 4.69) is 12.4 Å². The predicted molar refractivity (Wildman–Crippen MR) is 64.3 cm³/mol. The molecule has 0 aliphatic heterocycles. The van der Waals surface area contributed by atoms with Crippen LogP contribution in [0.25, 0.3) is 0 Å². The van der Waals surface area contributed by atoms with Crippen LogP contribution < -0.4 is 5.48 Å². The Kier molecular flexibility index (Phi) is 5.40. The molecule has 2 nitrogen and oxygen atoms in total. The van der Waals surface area contributed by atoms with Gasteiger partial charge < -0.3 is 4.84 Å². The Morgan fingerprint density at radius 2 is 2.07 bits per heavy atom. The third kappa shape index (κ3) is 3.65. The van der Waals surface area contributed by atoms with Gasteiger partial charge in [-0.3, -0.25) is 0 Å². The molecule has 0 heterocycles. The van der Waals surface area contributed by atoms with Crippen LogP contribution in [0.3, 0.4) is 0 Å². The van der Waals surface area contributed by atoms with Gasteiger partial charge in [-0.1, -0.05) is 36.2 Å². The molecule has 1 unspecified atom stereocenters. The van der Waals surface area contributed by atoms with Crippen molar-refractivity contribution >= 4 is 23.2 Å². The first-order valence-corrected chi connectivity index (χ1v) is 5.76. The summed E-state index contributed by atoms with van der Waals surface area (Å²) in [4.78, 5) is 5.18. The van der Waals surface area contributed by atoms with Gasteiger partial charge in [0, 0.05) is 10.0 Å². The summed E-state index contributed by atoms with van der Waals surface area (Å²) >= 11 is 11.9. The molecule has 84 valence electrons. The summed E-state index contributed by atoms with van der Waals surface area (Å²) in [6.07, 6.45) is 0.904. The second-order valence-electron chi connectivity index (χ2n) is 3.18. The molecule has 1 rings (SSSR count). The molecular formula is C11H15Cl2NO. The highest BCUT2D eigenvalue weighted by molar-refractivity contribution is 6.35. The van der Waals surface area contributed by atoms with E-state index in [1.165, 1.54) is 0 Å². The van der Waals surface area contributed by atoms with Gasteiger partial charge >= 0.3 is 0 Å². The Labute approximate surface area is 100 Å². The van der Waals surface area contributed by atoms with Gasteiger partial charge in [0.05, 0.1) is 12.6 Å². The SMILES string of the molecule is CCONC(CC)c1ccc(Cl)cc1Cl. The lowest BCUT2D eigenvalue weighted by atomic mass is 10.1. The van der Waals surface area contributed by atoms with Gasteiger partial charge in [0.1, 0.15) is 0 Å². The third-order valence-electron chi connectivity index (χ3n) is 2.12. The van der Waals surface area contributed by atoms with E-state index in [9.17, 15) is 0 Å². The molecule has 0 spiro atoms. The van der Waals surface area contributed by atoms with Crippen molar-refractivity contribution in [2.45, 2.75) is 26.3 Å². The van der Waals surface area contributed by atoms with Gasteiger partial charge in [-0.2, -0.15) is 5.48 Å². The summed E-state index contributed by atoms with van der Waals surface area (Å²) in [7, 11) is 0. The molecular weight excluding hydrogens is 233 g/mol. The monoisotopic (exact) mass is 247 g/mol. The van der Waals surface area contributed by atoms with Gasteiger partial charge in [-0.05, 0) is 31.0 Å². The largest absolute Gasteiger partial charge is 0.302 e. The Morgan fingerprint density at radius 3 is 2.60 bits per heavy atom. The van der Waals surface area contributed by atoms with Crippen LogP contribution >= 0.6 is 23.2 Å². The predicted octanol–water partition coefficient (Wildman–Crippen LogP) is 3.99. The summed E-state index contributed by atoms with van der Waals surface area (Å²) in [5, 5.41) is 1.32. The highest BCUT2D eigenvalue weighted by Gasteiger charge is 2.12. The topological polar surface area (TPSA) is 21.3 Å². The normalized spacial score (nSPS) is 12.8. The lowest BCUT2D eigenvalue weighted by molar-refractivity contribution is 0.0230. The van der Waals surface area contributed by atoms with Gasteiger partial charge in [-0.15, -0.1) is 0 Å². The lowest BCUT2D eigenvalue weighted by Gasteiger charge is -2.17. The van der Waals surface area contributed by atoms with Crippen LogP contribution in [0.4, 0.5) is 0 Å². The van der Waals surface area contributed by atoms with Gasteiger partial charge in [0.2, 0.25) is 0 Å². The zero-order chi connectivity index (χ0) is 11.3. The molecule has 0 fully saturated rings. The Hall–Kier alpha value is -0.280. The van der Waals surface area contributed by atoms with Crippen LogP contribution in [-0.4, -0.2) is 6.61 Å². The Morgan fingerprint density at radius 1 is 1.33 bits per heavy atom. The standard InChI is InChI=1S/C11H15Cl2NO/c1-3-11(14-15-4-2)9-6-5-8(12)7-10(9)13/h5-7,11,14H,3-4H2,1-2H3. The Bertz CT molecular complexity index is 317. The number of halogens is 2. The number of hydrogen-bond donors (Lipinski definition) is 1.